The van der Waals surface area contributed by atoms with E-state index >= 15 is 0 Å². The van der Waals surface area contributed by atoms with E-state index in [9.17, 15) is 4.39 Å². The molecular formula is C21H31FN8. The second kappa shape index (κ2) is 7.46. The SMILES string of the molecule is CCC1(N2CCN3C[C@H](F)C[C@H]3C2)CN(c2nc(Nc3cnn(C)c3)ncc2C)C1. The van der Waals surface area contributed by atoms with Gasteiger partial charge < -0.3 is 10.2 Å². The highest BCUT2D eigenvalue weighted by Gasteiger charge is 2.50. The smallest absolute Gasteiger partial charge is 0.229 e. The summed E-state index contributed by atoms with van der Waals surface area (Å²) in [6.07, 6.45) is 6.68. The molecule has 0 radical (unpaired) electrons. The van der Waals surface area contributed by atoms with Crippen LogP contribution in [-0.2, 0) is 7.05 Å². The summed E-state index contributed by atoms with van der Waals surface area (Å²) in [4.78, 5) is 16.5. The Hall–Kier alpha value is -2.26. The van der Waals surface area contributed by atoms with Crippen LogP contribution in [0.2, 0.25) is 0 Å². The molecule has 0 saturated carbocycles. The quantitative estimate of drug-likeness (QED) is 0.802. The van der Waals surface area contributed by atoms with Crippen LogP contribution < -0.4 is 10.2 Å². The summed E-state index contributed by atoms with van der Waals surface area (Å²) >= 11 is 0. The first-order valence-electron chi connectivity index (χ1n) is 10.9. The number of halogens is 1. The number of nitrogens with one attached hydrogen (secondary N) is 1. The van der Waals surface area contributed by atoms with Crippen molar-refractivity contribution in [2.45, 2.75) is 44.4 Å². The van der Waals surface area contributed by atoms with Gasteiger partial charge in [0.05, 0.1) is 17.4 Å². The average Bonchev–Trinajstić information content (AvgIpc) is 3.27. The first-order valence-corrected chi connectivity index (χ1v) is 10.9. The maximum Gasteiger partial charge on any atom is 0.229 e. The summed E-state index contributed by atoms with van der Waals surface area (Å²) in [5.74, 6) is 1.58. The Labute approximate surface area is 177 Å². The molecule has 5 heterocycles. The number of nitrogens with zero attached hydrogens (tertiary/aromatic N) is 7. The monoisotopic (exact) mass is 414 g/mol. The molecule has 30 heavy (non-hydrogen) atoms. The second-order valence-corrected chi connectivity index (χ2v) is 9.09. The molecule has 162 valence electrons. The number of aromatic nitrogens is 4. The topological polar surface area (TPSA) is 65.3 Å². The molecule has 0 aliphatic carbocycles. The summed E-state index contributed by atoms with van der Waals surface area (Å²) in [5, 5.41) is 7.42. The molecule has 0 amide bonds. The zero-order valence-corrected chi connectivity index (χ0v) is 18.1. The fraction of sp³-hybridized carbons (Fsp3) is 0.667. The lowest BCUT2D eigenvalue weighted by atomic mass is 9.83. The summed E-state index contributed by atoms with van der Waals surface area (Å²) in [7, 11) is 1.89. The molecule has 3 fully saturated rings. The van der Waals surface area contributed by atoms with E-state index in [0.29, 0.717) is 25.0 Å². The third kappa shape index (κ3) is 3.43. The van der Waals surface area contributed by atoms with Gasteiger partial charge in [-0.05, 0) is 19.8 Å². The lowest BCUT2D eigenvalue weighted by Gasteiger charge is -2.58. The van der Waals surface area contributed by atoms with E-state index in [0.717, 1.165) is 56.2 Å². The van der Waals surface area contributed by atoms with Gasteiger partial charge in [0.1, 0.15) is 12.0 Å². The third-order valence-corrected chi connectivity index (χ3v) is 7.07. The van der Waals surface area contributed by atoms with Crippen LogP contribution in [0.15, 0.2) is 18.6 Å². The van der Waals surface area contributed by atoms with Crippen LogP contribution in [0, 0.1) is 6.92 Å². The Kier molecular flexibility index (Phi) is 4.89. The molecule has 3 aliphatic heterocycles. The molecule has 5 rings (SSSR count). The van der Waals surface area contributed by atoms with E-state index in [2.05, 4.69) is 43.9 Å². The highest BCUT2D eigenvalue weighted by atomic mass is 19.1. The highest BCUT2D eigenvalue weighted by molar-refractivity contribution is 5.57. The first kappa shape index (κ1) is 19.7. The standard InChI is InChI=1S/C21H31FN8/c1-4-21(30-6-5-28-10-16(22)7-18(28)12-30)13-29(14-21)19-15(2)8-23-20(26-19)25-17-9-24-27(3)11-17/h8-9,11,16,18H,4-7,10,12-14H2,1-3H3,(H,23,25,26)/t16-,18+/m1/s1. The normalized spacial score (nSPS) is 26.5. The predicted octanol–water partition coefficient (Wildman–Crippen LogP) is 1.96. The van der Waals surface area contributed by atoms with Crippen molar-refractivity contribution in [3.05, 3.63) is 24.2 Å². The molecule has 1 N–H and O–H groups in total. The van der Waals surface area contributed by atoms with E-state index in [1.54, 1.807) is 10.9 Å². The molecule has 0 aromatic carbocycles. The molecular weight excluding hydrogens is 383 g/mol. The van der Waals surface area contributed by atoms with Gasteiger partial charge in [-0.25, -0.2) is 9.37 Å². The van der Waals surface area contributed by atoms with Crippen molar-refractivity contribution < 1.29 is 4.39 Å². The van der Waals surface area contributed by atoms with Crippen molar-refractivity contribution in [1.82, 2.24) is 29.5 Å². The van der Waals surface area contributed by atoms with Gasteiger partial charge >= 0.3 is 0 Å². The van der Waals surface area contributed by atoms with Crippen LogP contribution in [0.25, 0.3) is 0 Å². The van der Waals surface area contributed by atoms with Crippen molar-refractivity contribution >= 4 is 17.5 Å². The number of hydrogen-bond acceptors (Lipinski definition) is 7. The molecule has 8 nitrogen and oxygen atoms in total. The molecule has 0 unspecified atom stereocenters. The lowest BCUT2D eigenvalue weighted by molar-refractivity contribution is -0.00537. The molecule has 9 heteroatoms. The summed E-state index contributed by atoms with van der Waals surface area (Å²) in [5.41, 5.74) is 2.12. The largest absolute Gasteiger partial charge is 0.352 e. The summed E-state index contributed by atoms with van der Waals surface area (Å²) < 4.78 is 15.6. The van der Waals surface area contributed by atoms with Crippen molar-refractivity contribution in [2.24, 2.45) is 7.05 Å². The van der Waals surface area contributed by atoms with E-state index in [1.807, 2.05) is 19.4 Å². The first-order chi connectivity index (χ1) is 14.5. The van der Waals surface area contributed by atoms with Gasteiger partial charge in [-0.15, -0.1) is 0 Å². The van der Waals surface area contributed by atoms with Gasteiger partial charge in [-0.3, -0.25) is 14.5 Å². The Morgan fingerprint density at radius 2 is 2.07 bits per heavy atom. The Morgan fingerprint density at radius 3 is 2.80 bits per heavy atom. The van der Waals surface area contributed by atoms with Crippen molar-refractivity contribution in [2.75, 3.05) is 49.5 Å². The van der Waals surface area contributed by atoms with E-state index < -0.39 is 6.17 Å². The molecule has 0 spiro atoms. The minimum Gasteiger partial charge on any atom is -0.352 e. The average molecular weight is 415 g/mol. The lowest BCUT2D eigenvalue weighted by Crippen LogP contribution is -2.73. The summed E-state index contributed by atoms with van der Waals surface area (Å²) in [6, 6.07) is 0.377. The van der Waals surface area contributed by atoms with Gasteiger partial charge in [0.25, 0.3) is 0 Å². The van der Waals surface area contributed by atoms with E-state index in [-0.39, 0.29) is 5.54 Å². The number of hydrogen-bond donors (Lipinski definition) is 1. The minimum atomic E-state index is -0.653. The number of aryl methyl sites for hydroxylation is 2. The zero-order chi connectivity index (χ0) is 20.9. The van der Waals surface area contributed by atoms with E-state index in [4.69, 9.17) is 4.98 Å². The Balaban J connectivity index is 1.28. The maximum absolute atomic E-state index is 13.9. The Bertz CT molecular complexity index is 908. The van der Waals surface area contributed by atoms with Gasteiger partial charge in [-0.2, -0.15) is 10.1 Å². The zero-order valence-electron chi connectivity index (χ0n) is 18.1. The molecule has 2 aromatic rings. The highest BCUT2D eigenvalue weighted by Crippen LogP contribution is 2.38. The molecule has 3 aliphatic rings. The third-order valence-electron chi connectivity index (χ3n) is 7.07. The number of alkyl halides is 1. The number of fused-ring (bicyclic) bond motifs is 1. The molecule has 0 bridgehead atoms. The minimum absolute atomic E-state index is 0.162. The maximum atomic E-state index is 13.9. The predicted molar refractivity (Wildman–Crippen MR) is 115 cm³/mol. The van der Waals surface area contributed by atoms with Crippen molar-refractivity contribution in [3.8, 4) is 0 Å². The number of rotatable bonds is 5. The number of piperazine rings is 1. The fourth-order valence-corrected chi connectivity index (χ4v) is 5.30. The van der Waals surface area contributed by atoms with Crippen LogP contribution in [0.3, 0.4) is 0 Å². The van der Waals surface area contributed by atoms with Crippen molar-refractivity contribution in [3.63, 3.8) is 0 Å². The van der Waals surface area contributed by atoms with Gasteiger partial charge in [-0.1, -0.05) is 6.92 Å². The van der Waals surface area contributed by atoms with Crippen LogP contribution in [-0.4, -0.2) is 86.6 Å². The van der Waals surface area contributed by atoms with Gasteiger partial charge in [0.15, 0.2) is 0 Å². The van der Waals surface area contributed by atoms with Crippen LogP contribution in [0.4, 0.5) is 21.8 Å². The van der Waals surface area contributed by atoms with Crippen molar-refractivity contribution in [1.29, 1.82) is 0 Å². The van der Waals surface area contributed by atoms with Gasteiger partial charge in [0.2, 0.25) is 5.95 Å². The van der Waals surface area contributed by atoms with E-state index in [1.165, 1.54) is 0 Å². The fourth-order valence-electron chi connectivity index (χ4n) is 5.30. The Morgan fingerprint density at radius 1 is 1.23 bits per heavy atom. The molecule has 2 aromatic heterocycles. The molecule has 2 atom stereocenters. The van der Waals surface area contributed by atoms with Crippen LogP contribution in [0.1, 0.15) is 25.3 Å². The van der Waals surface area contributed by atoms with Crippen LogP contribution >= 0.6 is 0 Å². The second-order valence-electron chi connectivity index (χ2n) is 9.09. The number of anilines is 3. The van der Waals surface area contributed by atoms with Crippen LogP contribution in [0.5, 0.6) is 0 Å². The molecule has 3 saturated heterocycles. The van der Waals surface area contributed by atoms with Gasteiger partial charge in [0, 0.05) is 70.3 Å². The summed E-state index contributed by atoms with van der Waals surface area (Å²) in [6.45, 7) is 9.88.